The lowest BCUT2D eigenvalue weighted by Gasteiger charge is -2.15. The van der Waals surface area contributed by atoms with Crippen molar-refractivity contribution in [2.45, 2.75) is 53.6 Å². The molecule has 16 heavy (non-hydrogen) atoms. The van der Waals surface area contributed by atoms with E-state index in [4.69, 9.17) is 0 Å². The van der Waals surface area contributed by atoms with Crippen LogP contribution in [0.2, 0.25) is 0 Å². The Bertz CT molecular complexity index is 304. The summed E-state index contributed by atoms with van der Waals surface area (Å²) in [6.45, 7) is 11.9. The highest BCUT2D eigenvalue weighted by atomic mass is 15.1. The molecular formula is C13H25N3. The van der Waals surface area contributed by atoms with E-state index in [1.807, 2.05) is 6.20 Å². The molecule has 1 heterocycles. The number of nitrogens with one attached hydrogen (secondary N) is 1. The molecule has 1 aromatic rings. The van der Waals surface area contributed by atoms with E-state index >= 15 is 0 Å². The van der Waals surface area contributed by atoms with Gasteiger partial charge in [-0.15, -0.1) is 0 Å². The van der Waals surface area contributed by atoms with Gasteiger partial charge < -0.3 is 9.88 Å². The van der Waals surface area contributed by atoms with Crippen LogP contribution in [0.15, 0.2) is 6.20 Å². The van der Waals surface area contributed by atoms with Gasteiger partial charge in [0.2, 0.25) is 0 Å². The second kappa shape index (κ2) is 6.69. The summed E-state index contributed by atoms with van der Waals surface area (Å²) < 4.78 is 2.34. The highest BCUT2D eigenvalue weighted by Crippen LogP contribution is 2.11. The smallest absolute Gasteiger partial charge is 0.105 e. The van der Waals surface area contributed by atoms with Crippen LogP contribution in [-0.2, 0) is 13.1 Å². The normalized spacial score (nSPS) is 13.0. The number of rotatable bonds is 7. The van der Waals surface area contributed by atoms with Crippen LogP contribution in [-0.4, -0.2) is 16.1 Å². The van der Waals surface area contributed by atoms with E-state index in [-0.39, 0.29) is 0 Å². The van der Waals surface area contributed by atoms with Gasteiger partial charge >= 0.3 is 0 Å². The number of aromatic nitrogens is 2. The van der Waals surface area contributed by atoms with Gasteiger partial charge in [0.1, 0.15) is 5.82 Å². The average Bonchev–Trinajstić information content (AvgIpc) is 2.61. The predicted octanol–water partition coefficient (Wildman–Crippen LogP) is 2.74. The maximum Gasteiger partial charge on any atom is 0.105 e. The van der Waals surface area contributed by atoms with E-state index in [1.165, 1.54) is 18.5 Å². The minimum absolute atomic E-state index is 0.720. The maximum atomic E-state index is 4.41. The molecule has 0 aliphatic carbocycles. The van der Waals surface area contributed by atoms with Crippen molar-refractivity contribution in [1.82, 2.24) is 14.9 Å². The van der Waals surface area contributed by atoms with Gasteiger partial charge in [-0.05, 0) is 25.8 Å². The molecule has 3 nitrogen and oxygen atoms in total. The Kier molecular flexibility index (Phi) is 5.53. The Hall–Kier alpha value is -0.830. The van der Waals surface area contributed by atoms with Crippen LogP contribution >= 0.6 is 0 Å². The topological polar surface area (TPSA) is 29.9 Å². The van der Waals surface area contributed by atoms with Crippen LogP contribution in [0.1, 0.15) is 45.1 Å². The summed E-state index contributed by atoms with van der Waals surface area (Å²) in [4.78, 5) is 4.41. The summed E-state index contributed by atoms with van der Waals surface area (Å²) >= 11 is 0. The van der Waals surface area contributed by atoms with Crippen molar-refractivity contribution in [2.24, 2.45) is 5.92 Å². The Labute approximate surface area is 99.3 Å². The van der Waals surface area contributed by atoms with Crippen LogP contribution in [0.3, 0.4) is 0 Å². The van der Waals surface area contributed by atoms with Gasteiger partial charge in [-0.3, -0.25) is 0 Å². The molecule has 1 N–H and O–H groups in total. The third-order valence-corrected chi connectivity index (χ3v) is 3.06. The minimum atomic E-state index is 0.720. The zero-order valence-electron chi connectivity index (χ0n) is 11.1. The third-order valence-electron chi connectivity index (χ3n) is 3.06. The molecule has 0 amide bonds. The first-order valence-electron chi connectivity index (χ1n) is 6.40. The second-order valence-corrected chi connectivity index (χ2v) is 4.60. The molecule has 1 atom stereocenters. The largest absolute Gasteiger partial charge is 0.331 e. The quantitative estimate of drug-likeness (QED) is 0.720. The molecule has 1 rings (SSSR count). The average molecular weight is 223 g/mol. The van der Waals surface area contributed by atoms with Crippen LogP contribution in [0.4, 0.5) is 0 Å². The summed E-state index contributed by atoms with van der Waals surface area (Å²) in [6, 6.07) is 0. The summed E-state index contributed by atoms with van der Waals surface area (Å²) in [5.74, 6) is 1.85. The Morgan fingerprint density at radius 1 is 1.44 bits per heavy atom. The Morgan fingerprint density at radius 2 is 2.19 bits per heavy atom. The summed E-state index contributed by atoms with van der Waals surface area (Å²) in [6.07, 6.45) is 4.40. The van der Waals surface area contributed by atoms with Gasteiger partial charge in [-0.1, -0.05) is 27.2 Å². The molecule has 1 unspecified atom stereocenters. The molecule has 92 valence electrons. The van der Waals surface area contributed by atoms with E-state index in [0.717, 1.165) is 31.4 Å². The fourth-order valence-corrected chi connectivity index (χ4v) is 1.74. The molecule has 0 saturated carbocycles. The lowest BCUT2D eigenvalue weighted by molar-refractivity contribution is 0.448. The minimum Gasteiger partial charge on any atom is -0.331 e. The van der Waals surface area contributed by atoms with Gasteiger partial charge in [-0.2, -0.15) is 0 Å². The molecule has 0 bridgehead atoms. The van der Waals surface area contributed by atoms with Gasteiger partial charge in [0.15, 0.2) is 0 Å². The second-order valence-electron chi connectivity index (χ2n) is 4.60. The van der Waals surface area contributed by atoms with Gasteiger partial charge in [0.25, 0.3) is 0 Å². The van der Waals surface area contributed by atoms with Crippen LogP contribution in [0.25, 0.3) is 0 Å². The molecule has 0 aliphatic heterocycles. The number of aryl methyl sites for hydroxylation is 1. The highest BCUT2D eigenvalue weighted by Gasteiger charge is 2.08. The molecule has 0 radical (unpaired) electrons. The maximum absolute atomic E-state index is 4.41. The lowest BCUT2D eigenvalue weighted by Crippen LogP contribution is -2.19. The molecule has 0 saturated heterocycles. The molecule has 3 heteroatoms. The van der Waals surface area contributed by atoms with E-state index < -0.39 is 0 Å². The van der Waals surface area contributed by atoms with E-state index in [0.29, 0.717) is 0 Å². The summed E-state index contributed by atoms with van der Waals surface area (Å²) in [5.41, 5.74) is 1.31. The van der Waals surface area contributed by atoms with Crippen molar-refractivity contribution in [3.63, 3.8) is 0 Å². The monoisotopic (exact) mass is 223 g/mol. The number of hydrogen-bond acceptors (Lipinski definition) is 2. The van der Waals surface area contributed by atoms with Crippen LogP contribution < -0.4 is 5.32 Å². The first kappa shape index (κ1) is 13.2. The van der Waals surface area contributed by atoms with Crippen LogP contribution in [0, 0.1) is 12.8 Å². The predicted molar refractivity (Wildman–Crippen MR) is 68.4 cm³/mol. The zero-order chi connectivity index (χ0) is 12.0. The standard InChI is InChI=1S/C13H25N3/c1-5-7-14-8-13-9-15-12(4)16(13)10-11(3)6-2/h9,11,14H,5-8,10H2,1-4H3. The highest BCUT2D eigenvalue weighted by molar-refractivity contribution is 5.04. The van der Waals surface area contributed by atoms with Gasteiger partial charge in [0, 0.05) is 19.3 Å². The Morgan fingerprint density at radius 3 is 2.81 bits per heavy atom. The summed E-state index contributed by atoms with van der Waals surface area (Å²) in [7, 11) is 0. The molecule has 0 fully saturated rings. The third kappa shape index (κ3) is 3.63. The van der Waals surface area contributed by atoms with Crippen LogP contribution in [0.5, 0.6) is 0 Å². The molecular weight excluding hydrogens is 198 g/mol. The fraction of sp³-hybridized carbons (Fsp3) is 0.769. The SMILES string of the molecule is CCCNCc1cnc(C)n1CC(C)CC. The van der Waals surface area contributed by atoms with E-state index in [1.54, 1.807) is 0 Å². The van der Waals surface area contributed by atoms with Crippen molar-refractivity contribution < 1.29 is 0 Å². The number of nitrogens with zero attached hydrogens (tertiary/aromatic N) is 2. The first-order valence-corrected chi connectivity index (χ1v) is 6.40. The zero-order valence-corrected chi connectivity index (χ0v) is 11.1. The van der Waals surface area contributed by atoms with Crippen molar-refractivity contribution in [3.05, 3.63) is 17.7 Å². The van der Waals surface area contributed by atoms with Gasteiger partial charge in [0.05, 0.1) is 5.69 Å². The van der Waals surface area contributed by atoms with Crippen molar-refractivity contribution in [2.75, 3.05) is 6.54 Å². The number of hydrogen-bond donors (Lipinski definition) is 1. The molecule has 0 aromatic carbocycles. The molecule has 0 aliphatic rings. The van der Waals surface area contributed by atoms with Crippen molar-refractivity contribution in [1.29, 1.82) is 0 Å². The molecule has 0 spiro atoms. The summed E-state index contributed by atoms with van der Waals surface area (Å²) in [5, 5.41) is 3.44. The molecule has 1 aromatic heterocycles. The van der Waals surface area contributed by atoms with Crippen molar-refractivity contribution >= 4 is 0 Å². The number of imidazole rings is 1. The first-order chi connectivity index (χ1) is 7.69. The Balaban J connectivity index is 2.62. The van der Waals surface area contributed by atoms with Gasteiger partial charge in [-0.25, -0.2) is 4.98 Å². The van der Waals surface area contributed by atoms with E-state index in [2.05, 4.69) is 42.6 Å². The fourth-order valence-electron chi connectivity index (χ4n) is 1.74. The lowest BCUT2D eigenvalue weighted by atomic mass is 10.1. The van der Waals surface area contributed by atoms with Crippen molar-refractivity contribution in [3.8, 4) is 0 Å². The van der Waals surface area contributed by atoms with E-state index in [9.17, 15) is 0 Å².